The largest absolute Gasteiger partial charge is 0.389 e. The van der Waals surface area contributed by atoms with Crippen molar-refractivity contribution in [1.82, 2.24) is 0 Å². The predicted octanol–water partition coefficient (Wildman–Crippen LogP) is 2.45. The van der Waals surface area contributed by atoms with E-state index in [2.05, 4.69) is 17.5 Å². The van der Waals surface area contributed by atoms with E-state index in [4.69, 9.17) is 0 Å². The molecule has 3 rings (SSSR count). The molecule has 1 nitrogen and oxygen atoms in total. The Labute approximate surface area is 82.4 Å². The van der Waals surface area contributed by atoms with Crippen molar-refractivity contribution in [2.75, 3.05) is 0 Å². The number of fused-ring (bicyclic) bond motifs is 1. The van der Waals surface area contributed by atoms with Gasteiger partial charge in [-0.3, -0.25) is 0 Å². The van der Waals surface area contributed by atoms with Crippen molar-refractivity contribution < 1.29 is 5.11 Å². The number of hydrogen-bond donors (Lipinski definition) is 1. The van der Waals surface area contributed by atoms with Crippen LogP contribution in [0.2, 0.25) is 0 Å². The average Bonchev–Trinajstić information content (AvgIpc) is 2.63. The molecule has 0 bridgehead atoms. The van der Waals surface area contributed by atoms with E-state index < -0.39 is 0 Å². The van der Waals surface area contributed by atoms with Gasteiger partial charge in [-0.25, -0.2) is 0 Å². The number of hydrogen-bond acceptors (Lipinski definition) is 2. The van der Waals surface area contributed by atoms with Gasteiger partial charge in [-0.15, -0.1) is 11.3 Å². The molecule has 3 unspecified atom stereocenters. The van der Waals surface area contributed by atoms with Gasteiger partial charge in [-0.05, 0) is 42.5 Å². The minimum Gasteiger partial charge on any atom is -0.389 e. The molecule has 1 heterocycles. The van der Waals surface area contributed by atoms with Crippen molar-refractivity contribution in [3.63, 3.8) is 0 Å². The molecular formula is C11H14OS. The van der Waals surface area contributed by atoms with Crippen molar-refractivity contribution >= 4 is 11.3 Å². The number of aliphatic hydroxyl groups is 1. The summed E-state index contributed by atoms with van der Waals surface area (Å²) >= 11 is 1.77. The summed E-state index contributed by atoms with van der Waals surface area (Å²) in [6, 6.07) is 4.21. The molecule has 0 amide bonds. The maximum atomic E-state index is 10.4. The number of thiophene rings is 1. The quantitative estimate of drug-likeness (QED) is 0.766. The maximum Gasteiger partial charge on any atom is 0.0726 e. The summed E-state index contributed by atoms with van der Waals surface area (Å²) in [5.41, 5.74) is -0.338. The van der Waals surface area contributed by atoms with E-state index in [-0.39, 0.29) is 5.60 Å². The van der Waals surface area contributed by atoms with Crippen LogP contribution in [0.1, 0.15) is 24.1 Å². The molecule has 0 aromatic carbocycles. The lowest BCUT2D eigenvalue weighted by atomic mass is 9.93. The molecule has 1 aromatic rings. The van der Waals surface area contributed by atoms with E-state index in [1.165, 1.54) is 17.7 Å². The fourth-order valence-electron chi connectivity index (χ4n) is 2.78. The van der Waals surface area contributed by atoms with Gasteiger partial charge in [0, 0.05) is 11.3 Å². The second-order valence-corrected chi connectivity index (χ2v) is 5.53. The van der Waals surface area contributed by atoms with Crippen LogP contribution in [0.25, 0.3) is 0 Å². The normalized spacial score (nSPS) is 41.9. The van der Waals surface area contributed by atoms with Gasteiger partial charge in [0.15, 0.2) is 0 Å². The van der Waals surface area contributed by atoms with Crippen LogP contribution in [-0.2, 0) is 6.42 Å². The number of rotatable bonds is 2. The van der Waals surface area contributed by atoms with E-state index in [9.17, 15) is 5.11 Å². The highest BCUT2D eigenvalue weighted by Crippen LogP contribution is 2.58. The van der Waals surface area contributed by atoms with Gasteiger partial charge in [0.05, 0.1) is 5.60 Å². The van der Waals surface area contributed by atoms with Crippen LogP contribution in [0.5, 0.6) is 0 Å². The van der Waals surface area contributed by atoms with Crippen LogP contribution < -0.4 is 0 Å². The summed E-state index contributed by atoms with van der Waals surface area (Å²) in [7, 11) is 0. The van der Waals surface area contributed by atoms with Gasteiger partial charge in [-0.2, -0.15) is 0 Å². The Morgan fingerprint density at radius 3 is 3.08 bits per heavy atom. The van der Waals surface area contributed by atoms with E-state index in [0.29, 0.717) is 5.92 Å². The Kier molecular flexibility index (Phi) is 1.59. The summed E-state index contributed by atoms with van der Waals surface area (Å²) in [6.45, 7) is 0. The van der Waals surface area contributed by atoms with Gasteiger partial charge >= 0.3 is 0 Å². The third-order valence-electron chi connectivity index (χ3n) is 3.62. The molecule has 0 aliphatic heterocycles. The summed E-state index contributed by atoms with van der Waals surface area (Å²) in [5, 5.41) is 12.5. The highest BCUT2D eigenvalue weighted by atomic mass is 32.1. The van der Waals surface area contributed by atoms with Crippen molar-refractivity contribution in [2.24, 2.45) is 11.8 Å². The van der Waals surface area contributed by atoms with Gasteiger partial charge in [0.2, 0.25) is 0 Å². The molecule has 0 spiro atoms. The van der Waals surface area contributed by atoms with E-state index >= 15 is 0 Å². The summed E-state index contributed by atoms with van der Waals surface area (Å²) in [6.07, 6.45) is 4.46. The Hall–Kier alpha value is -0.340. The van der Waals surface area contributed by atoms with Gasteiger partial charge < -0.3 is 5.11 Å². The van der Waals surface area contributed by atoms with Gasteiger partial charge in [-0.1, -0.05) is 6.07 Å². The van der Waals surface area contributed by atoms with Crippen LogP contribution in [-0.4, -0.2) is 10.7 Å². The van der Waals surface area contributed by atoms with Crippen molar-refractivity contribution in [3.05, 3.63) is 22.4 Å². The minimum atomic E-state index is -0.338. The zero-order valence-electron chi connectivity index (χ0n) is 7.57. The molecule has 2 aliphatic rings. The van der Waals surface area contributed by atoms with Crippen LogP contribution in [0.15, 0.2) is 17.5 Å². The molecule has 0 radical (unpaired) electrons. The third-order valence-corrected chi connectivity index (χ3v) is 4.50. The Morgan fingerprint density at radius 1 is 1.62 bits per heavy atom. The monoisotopic (exact) mass is 194 g/mol. The van der Waals surface area contributed by atoms with Crippen molar-refractivity contribution in [1.29, 1.82) is 0 Å². The molecule has 13 heavy (non-hydrogen) atoms. The van der Waals surface area contributed by atoms with Gasteiger partial charge in [0.25, 0.3) is 0 Å². The Bertz CT molecular complexity index is 306. The minimum absolute atomic E-state index is 0.338. The first-order chi connectivity index (χ1) is 6.28. The van der Waals surface area contributed by atoms with Crippen LogP contribution >= 0.6 is 11.3 Å². The molecule has 1 aromatic heterocycles. The molecule has 2 saturated carbocycles. The predicted molar refractivity (Wildman–Crippen MR) is 53.8 cm³/mol. The van der Waals surface area contributed by atoms with Crippen LogP contribution in [0.4, 0.5) is 0 Å². The first-order valence-electron chi connectivity index (χ1n) is 5.03. The molecule has 2 fully saturated rings. The fraction of sp³-hybridized carbons (Fsp3) is 0.636. The van der Waals surface area contributed by atoms with E-state index in [1.54, 1.807) is 11.3 Å². The zero-order chi connectivity index (χ0) is 8.89. The standard InChI is InChI=1S/C11H14OS/c12-11(4-3-8-6-10(8)11)7-9-2-1-5-13-9/h1-2,5,8,10,12H,3-4,6-7H2. The highest BCUT2D eigenvalue weighted by molar-refractivity contribution is 7.09. The lowest BCUT2D eigenvalue weighted by Crippen LogP contribution is -2.30. The summed E-state index contributed by atoms with van der Waals surface area (Å²) in [4.78, 5) is 1.34. The first kappa shape index (κ1) is 8.01. The second-order valence-electron chi connectivity index (χ2n) is 4.50. The smallest absolute Gasteiger partial charge is 0.0726 e. The topological polar surface area (TPSA) is 20.2 Å². The molecule has 0 saturated heterocycles. The lowest BCUT2D eigenvalue weighted by Gasteiger charge is -2.23. The fourth-order valence-corrected chi connectivity index (χ4v) is 3.60. The van der Waals surface area contributed by atoms with Crippen molar-refractivity contribution in [3.8, 4) is 0 Å². The summed E-state index contributed by atoms with van der Waals surface area (Å²) in [5.74, 6) is 1.50. The lowest BCUT2D eigenvalue weighted by molar-refractivity contribution is 0.0261. The van der Waals surface area contributed by atoms with Crippen LogP contribution in [0, 0.1) is 11.8 Å². The maximum absolute atomic E-state index is 10.4. The molecule has 70 valence electrons. The van der Waals surface area contributed by atoms with E-state index in [1.807, 2.05) is 0 Å². The van der Waals surface area contributed by atoms with Gasteiger partial charge in [0.1, 0.15) is 0 Å². The van der Waals surface area contributed by atoms with E-state index in [0.717, 1.165) is 18.8 Å². The summed E-state index contributed by atoms with van der Waals surface area (Å²) < 4.78 is 0. The van der Waals surface area contributed by atoms with Crippen LogP contribution in [0.3, 0.4) is 0 Å². The Balaban J connectivity index is 1.78. The van der Waals surface area contributed by atoms with Crippen molar-refractivity contribution in [2.45, 2.75) is 31.3 Å². The molecule has 2 aliphatic carbocycles. The SMILES string of the molecule is OC1(Cc2cccs2)CCC2CC21. The molecule has 1 N–H and O–H groups in total. The zero-order valence-corrected chi connectivity index (χ0v) is 8.39. The average molecular weight is 194 g/mol. The third kappa shape index (κ3) is 1.24. The second kappa shape index (κ2) is 2.58. The molecule has 2 heteroatoms. The highest BCUT2D eigenvalue weighted by Gasteiger charge is 2.56. The Morgan fingerprint density at radius 2 is 2.54 bits per heavy atom. The first-order valence-corrected chi connectivity index (χ1v) is 5.91. The molecule has 3 atom stereocenters. The molecular weight excluding hydrogens is 180 g/mol.